The van der Waals surface area contributed by atoms with E-state index in [9.17, 15) is 18.4 Å². The maximum absolute atomic E-state index is 13.2. The predicted octanol–water partition coefficient (Wildman–Crippen LogP) is 2.08. The van der Waals surface area contributed by atoms with Crippen LogP contribution in [0, 0.1) is 11.6 Å². The summed E-state index contributed by atoms with van der Waals surface area (Å²) in [7, 11) is 0. The SMILES string of the molecule is C[C@H](NCC(=O)NNC(=O)c1ccccc1)c1ccc(F)c(F)c1. The lowest BCUT2D eigenvalue weighted by atomic mass is 10.1. The first kappa shape index (κ1) is 17.6. The second-order valence-corrected chi connectivity index (χ2v) is 5.14. The fourth-order valence-electron chi connectivity index (χ4n) is 1.98. The van der Waals surface area contributed by atoms with Crippen molar-refractivity contribution in [2.24, 2.45) is 0 Å². The second kappa shape index (κ2) is 8.16. The fraction of sp³-hybridized carbons (Fsp3) is 0.176. The lowest BCUT2D eigenvalue weighted by Crippen LogP contribution is -2.45. The number of hydrogen-bond donors (Lipinski definition) is 3. The molecule has 2 amide bonds. The molecule has 0 saturated carbocycles. The molecular weight excluding hydrogens is 316 g/mol. The molecule has 0 heterocycles. The number of benzene rings is 2. The van der Waals surface area contributed by atoms with E-state index in [0.717, 1.165) is 12.1 Å². The van der Waals surface area contributed by atoms with Gasteiger partial charge in [-0.2, -0.15) is 0 Å². The molecule has 0 spiro atoms. The number of hydrogen-bond acceptors (Lipinski definition) is 3. The molecule has 0 bridgehead atoms. The van der Waals surface area contributed by atoms with Crippen LogP contribution in [0.5, 0.6) is 0 Å². The highest BCUT2D eigenvalue weighted by Crippen LogP contribution is 2.15. The Bertz CT molecular complexity index is 723. The van der Waals surface area contributed by atoms with Crippen LogP contribution < -0.4 is 16.2 Å². The van der Waals surface area contributed by atoms with Gasteiger partial charge in [0.1, 0.15) is 0 Å². The average molecular weight is 333 g/mol. The molecule has 0 aromatic heterocycles. The summed E-state index contributed by atoms with van der Waals surface area (Å²) in [6.45, 7) is 1.61. The third-order valence-electron chi connectivity index (χ3n) is 3.36. The lowest BCUT2D eigenvalue weighted by Gasteiger charge is -2.14. The molecular formula is C17H17F2N3O2. The van der Waals surface area contributed by atoms with Crippen molar-refractivity contribution in [3.63, 3.8) is 0 Å². The molecule has 2 aromatic carbocycles. The Morgan fingerprint density at radius 1 is 1.00 bits per heavy atom. The monoisotopic (exact) mass is 333 g/mol. The van der Waals surface area contributed by atoms with E-state index in [2.05, 4.69) is 16.2 Å². The number of amides is 2. The van der Waals surface area contributed by atoms with Crippen molar-refractivity contribution in [1.29, 1.82) is 0 Å². The first-order chi connectivity index (χ1) is 11.5. The van der Waals surface area contributed by atoms with E-state index < -0.39 is 23.4 Å². The van der Waals surface area contributed by atoms with Crippen LogP contribution in [0.2, 0.25) is 0 Å². The molecule has 0 aliphatic carbocycles. The molecule has 0 saturated heterocycles. The number of halogens is 2. The summed E-state index contributed by atoms with van der Waals surface area (Å²) in [4.78, 5) is 23.5. The molecule has 126 valence electrons. The Kier molecular flexibility index (Phi) is 5.97. The summed E-state index contributed by atoms with van der Waals surface area (Å²) < 4.78 is 26.1. The highest BCUT2D eigenvalue weighted by molar-refractivity contribution is 5.95. The van der Waals surface area contributed by atoms with Gasteiger partial charge in [-0.1, -0.05) is 24.3 Å². The number of hydrazine groups is 1. The zero-order valence-corrected chi connectivity index (χ0v) is 13.0. The van der Waals surface area contributed by atoms with E-state index in [1.54, 1.807) is 37.3 Å². The topological polar surface area (TPSA) is 70.2 Å². The van der Waals surface area contributed by atoms with Gasteiger partial charge in [0, 0.05) is 11.6 Å². The second-order valence-electron chi connectivity index (χ2n) is 5.14. The van der Waals surface area contributed by atoms with Gasteiger partial charge >= 0.3 is 0 Å². The zero-order chi connectivity index (χ0) is 17.5. The Morgan fingerprint density at radius 3 is 2.38 bits per heavy atom. The number of carbonyl (C=O) groups is 2. The Hall–Kier alpha value is -2.80. The molecule has 7 heteroatoms. The average Bonchev–Trinajstić information content (AvgIpc) is 2.60. The maximum atomic E-state index is 13.2. The van der Waals surface area contributed by atoms with Gasteiger partial charge in [0.15, 0.2) is 11.6 Å². The maximum Gasteiger partial charge on any atom is 0.269 e. The molecule has 3 N–H and O–H groups in total. The number of carbonyl (C=O) groups excluding carboxylic acids is 2. The zero-order valence-electron chi connectivity index (χ0n) is 13.0. The van der Waals surface area contributed by atoms with Crippen LogP contribution in [-0.4, -0.2) is 18.4 Å². The van der Waals surface area contributed by atoms with Crippen LogP contribution >= 0.6 is 0 Å². The normalized spacial score (nSPS) is 11.6. The predicted molar refractivity (Wildman–Crippen MR) is 84.8 cm³/mol. The quantitative estimate of drug-likeness (QED) is 0.734. The largest absolute Gasteiger partial charge is 0.302 e. The highest BCUT2D eigenvalue weighted by atomic mass is 19.2. The van der Waals surface area contributed by atoms with E-state index in [1.165, 1.54) is 6.07 Å². The van der Waals surface area contributed by atoms with Gasteiger partial charge in [-0.3, -0.25) is 20.4 Å². The summed E-state index contributed by atoms with van der Waals surface area (Å²) in [6.07, 6.45) is 0. The molecule has 1 atom stereocenters. The van der Waals surface area contributed by atoms with Crippen molar-refractivity contribution in [3.8, 4) is 0 Å². The van der Waals surface area contributed by atoms with Crippen LogP contribution in [0.25, 0.3) is 0 Å². The molecule has 5 nitrogen and oxygen atoms in total. The molecule has 24 heavy (non-hydrogen) atoms. The third-order valence-corrected chi connectivity index (χ3v) is 3.36. The van der Waals surface area contributed by atoms with Gasteiger partial charge < -0.3 is 5.32 Å². The highest BCUT2D eigenvalue weighted by Gasteiger charge is 2.11. The summed E-state index contributed by atoms with van der Waals surface area (Å²) in [5, 5.41) is 2.86. The van der Waals surface area contributed by atoms with Gasteiger partial charge in [0.25, 0.3) is 11.8 Å². The summed E-state index contributed by atoms with van der Waals surface area (Å²) in [5.41, 5.74) is 5.49. The van der Waals surface area contributed by atoms with Crippen LogP contribution in [0.15, 0.2) is 48.5 Å². The fourth-order valence-corrected chi connectivity index (χ4v) is 1.98. The van der Waals surface area contributed by atoms with Gasteiger partial charge in [0.2, 0.25) is 0 Å². The van der Waals surface area contributed by atoms with Gasteiger partial charge in [-0.15, -0.1) is 0 Å². The number of nitrogens with one attached hydrogen (secondary N) is 3. The van der Waals surface area contributed by atoms with E-state index in [4.69, 9.17) is 0 Å². The molecule has 0 unspecified atom stereocenters. The first-order valence-corrected chi connectivity index (χ1v) is 7.30. The van der Waals surface area contributed by atoms with Crippen molar-refractivity contribution >= 4 is 11.8 Å². The van der Waals surface area contributed by atoms with E-state index in [-0.39, 0.29) is 12.6 Å². The Morgan fingerprint density at radius 2 is 1.71 bits per heavy atom. The van der Waals surface area contributed by atoms with Gasteiger partial charge in [-0.05, 0) is 36.8 Å². The van der Waals surface area contributed by atoms with Crippen molar-refractivity contribution in [1.82, 2.24) is 16.2 Å². The molecule has 0 radical (unpaired) electrons. The van der Waals surface area contributed by atoms with E-state index in [0.29, 0.717) is 11.1 Å². The van der Waals surface area contributed by atoms with Gasteiger partial charge in [0.05, 0.1) is 6.54 Å². The number of rotatable bonds is 5. The van der Waals surface area contributed by atoms with E-state index >= 15 is 0 Å². The standard InChI is InChI=1S/C17H17F2N3O2/c1-11(13-7-8-14(18)15(19)9-13)20-10-16(23)21-22-17(24)12-5-3-2-4-6-12/h2-9,11,20H,10H2,1H3,(H,21,23)(H,22,24)/t11-/m0/s1. The molecule has 0 aliphatic heterocycles. The van der Waals surface area contributed by atoms with Crippen molar-refractivity contribution in [2.45, 2.75) is 13.0 Å². The summed E-state index contributed by atoms with van der Waals surface area (Å²) in [5.74, 6) is -2.76. The smallest absolute Gasteiger partial charge is 0.269 e. The molecule has 2 rings (SSSR count). The Labute approximate surface area is 138 Å². The van der Waals surface area contributed by atoms with Crippen LogP contribution in [0.3, 0.4) is 0 Å². The van der Waals surface area contributed by atoms with Crippen molar-refractivity contribution in [3.05, 3.63) is 71.3 Å². The molecule has 0 aliphatic rings. The molecule has 0 fully saturated rings. The van der Waals surface area contributed by atoms with E-state index in [1.807, 2.05) is 0 Å². The molecule has 2 aromatic rings. The summed E-state index contributed by atoms with van der Waals surface area (Å²) >= 11 is 0. The lowest BCUT2D eigenvalue weighted by molar-refractivity contribution is -0.121. The first-order valence-electron chi connectivity index (χ1n) is 7.30. The minimum atomic E-state index is -0.944. The van der Waals surface area contributed by atoms with Crippen LogP contribution in [-0.2, 0) is 4.79 Å². The summed E-state index contributed by atoms with van der Waals surface area (Å²) in [6, 6.07) is 11.6. The van der Waals surface area contributed by atoms with Crippen molar-refractivity contribution < 1.29 is 18.4 Å². The van der Waals surface area contributed by atoms with Gasteiger partial charge in [-0.25, -0.2) is 8.78 Å². The Balaban J connectivity index is 1.78. The van der Waals surface area contributed by atoms with Crippen LogP contribution in [0.1, 0.15) is 28.9 Å². The third kappa shape index (κ3) is 4.85. The van der Waals surface area contributed by atoms with Crippen LogP contribution in [0.4, 0.5) is 8.78 Å². The minimum absolute atomic E-state index is 0.102. The minimum Gasteiger partial charge on any atom is -0.302 e. The van der Waals surface area contributed by atoms with Crippen molar-refractivity contribution in [2.75, 3.05) is 6.54 Å².